The van der Waals surface area contributed by atoms with Crippen LogP contribution in [0.5, 0.6) is 0 Å². The molecule has 1 aliphatic rings. The second-order valence-corrected chi connectivity index (χ2v) is 9.60. The smallest absolute Gasteiger partial charge is 0.253 e. The number of pyridine rings is 1. The lowest BCUT2D eigenvalue weighted by molar-refractivity contribution is 0.0698. The number of carbonyl (C=O) groups excluding carboxylic acids is 1. The van der Waals surface area contributed by atoms with Crippen molar-refractivity contribution in [1.82, 2.24) is 24.0 Å². The van der Waals surface area contributed by atoms with Crippen LogP contribution in [0.25, 0.3) is 0 Å². The molecule has 2 aromatic heterocycles. The van der Waals surface area contributed by atoms with Crippen LogP contribution in [0.1, 0.15) is 27.3 Å². The van der Waals surface area contributed by atoms with Gasteiger partial charge in [-0.05, 0) is 49.7 Å². The lowest BCUT2D eigenvalue weighted by atomic mass is 10.1. The summed E-state index contributed by atoms with van der Waals surface area (Å²) in [6.45, 7) is 5.87. The first-order chi connectivity index (χ1) is 14.8. The van der Waals surface area contributed by atoms with E-state index >= 15 is 0 Å². The summed E-state index contributed by atoms with van der Waals surface area (Å²) in [5, 5.41) is 4.47. The van der Waals surface area contributed by atoms with Gasteiger partial charge in [-0.1, -0.05) is 12.1 Å². The number of benzene rings is 1. The van der Waals surface area contributed by atoms with Crippen LogP contribution in [-0.4, -0.2) is 64.5 Å². The summed E-state index contributed by atoms with van der Waals surface area (Å²) in [5.74, 6) is -0.0870. The van der Waals surface area contributed by atoms with Crippen molar-refractivity contribution in [3.05, 3.63) is 77.4 Å². The molecular formula is C22H25N5O3S. The third-order valence-electron chi connectivity index (χ3n) is 5.43. The van der Waals surface area contributed by atoms with Crippen LogP contribution in [0.4, 0.5) is 0 Å². The average molecular weight is 440 g/mol. The van der Waals surface area contributed by atoms with Crippen molar-refractivity contribution in [2.75, 3.05) is 26.2 Å². The van der Waals surface area contributed by atoms with E-state index in [1.54, 1.807) is 11.0 Å². The largest absolute Gasteiger partial charge is 0.336 e. The van der Waals surface area contributed by atoms with E-state index in [2.05, 4.69) is 10.1 Å². The molecule has 0 aliphatic carbocycles. The number of hydrogen-bond donors (Lipinski definition) is 0. The van der Waals surface area contributed by atoms with E-state index in [-0.39, 0.29) is 23.9 Å². The number of piperazine rings is 1. The third kappa shape index (κ3) is 4.52. The normalized spacial score (nSPS) is 15.2. The highest BCUT2D eigenvalue weighted by molar-refractivity contribution is 7.89. The highest BCUT2D eigenvalue weighted by Gasteiger charge is 2.30. The molecule has 0 unspecified atom stereocenters. The van der Waals surface area contributed by atoms with E-state index in [1.807, 2.05) is 48.9 Å². The van der Waals surface area contributed by atoms with Gasteiger partial charge in [-0.2, -0.15) is 9.40 Å². The summed E-state index contributed by atoms with van der Waals surface area (Å²) in [6.07, 6.45) is 2.89. The van der Waals surface area contributed by atoms with E-state index < -0.39 is 10.0 Å². The second-order valence-electron chi connectivity index (χ2n) is 7.67. The second kappa shape index (κ2) is 8.60. The number of amides is 1. The fourth-order valence-corrected chi connectivity index (χ4v) is 5.11. The highest BCUT2D eigenvalue weighted by Crippen LogP contribution is 2.18. The molecule has 1 amide bonds. The van der Waals surface area contributed by atoms with Crippen LogP contribution < -0.4 is 0 Å². The molecule has 0 bridgehead atoms. The van der Waals surface area contributed by atoms with Crippen LogP contribution >= 0.6 is 0 Å². The molecule has 1 aliphatic heterocycles. The maximum Gasteiger partial charge on any atom is 0.253 e. The molecule has 9 heteroatoms. The number of sulfonamides is 1. The Bertz CT molecular complexity index is 1170. The van der Waals surface area contributed by atoms with Crippen molar-refractivity contribution >= 4 is 15.9 Å². The summed E-state index contributed by atoms with van der Waals surface area (Å²) in [5.41, 5.74) is 3.74. The Morgan fingerprint density at radius 1 is 1.03 bits per heavy atom. The third-order valence-corrected chi connectivity index (χ3v) is 7.32. The van der Waals surface area contributed by atoms with Crippen molar-refractivity contribution in [3.8, 4) is 0 Å². The van der Waals surface area contributed by atoms with Crippen molar-refractivity contribution in [3.63, 3.8) is 0 Å². The molecule has 3 aromatic rings. The first-order valence-corrected chi connectivity index (χ1v) is 11.6. The molecule has 1 fully saturated rings. The van der Waals surface area contributed by atoms with Gasteiger partial charge in [0, 0.05) is 49.8 Å². The minimum atomic E-state index is -3.59. The maximum absolute atomic E-state index is 12.9. The van der Waals surface area contributed by atoms with Gasteiger partial charge in [0.25, 0.3) is 5.91 Å². The summed E-state index contributed by atoms with van der Waals surface area (Å²) in [4.78, 5) is 18.6. The quantitative estimate of drug-likeness (QED) is 0.607. The van der Waals surface area contributed by atoms with Crippen molar-refractivity contribution in [2.24, 2.45) is 0 Å². The zero-order chi connectivity index (χ0) is 22.0. The van der Waals surface area contributed by atoms with Crippen LogP contribution in [-0.2, 0) is 16.6 Å². The van der Waals surface area contributed by atoms with Gasteiger partial charge in [0.15, 0.2) is 0 Å². The molecule has 0 atom stereocenters. The Labute approximate surface area is 182 Å². The van der Waals surface area contributed by atoms with E-state index in [1.165, 1.54) is 22.8 Å². The Kier molecular flexibility index (Phi) is 5.88. The minimum Gasteiger partial charge on any atom is -0.336 e. The fourth-order valence-electron chi connectivity index (χ4n) is 3.72. The summed E-state index contributed by atoms with van der Waals surface area (Å²) < 4.78 is 28.8. The van der Waals surface area contributed by atoms with Gasteiger partial charge in [0.2, 0.25) is 10.0 Å². The Balaban J connectivity index is 1.38. The number of nitrogens with zero attached hydrogens (tertiary/aromatic N) is 5. The van der Waals surface area contributed by atoms with Gasteiger partial charge in [-0.15, -0.1) is 0 Å². The molecule has 1 saturated heterocycles. The number of rotatable bonds is 5. The molecule has 0 radical (unpaired) electrons. The number of aromatic nitrogens is 3. The SMILES string of the molecule is Cc1cc(C)n(Cc2ccc(C(=O)N3CCN(S(=O)(=O)c4cccnc4)CC3)cc2)n1. The Morgan fingerprint density at radius 3 is 2.32 bits per heavy atom. The van der Waals surface area contributed by atoms with Gasteiger partial charge in [-0.25, -0.2) is 8.42 Å². The molecule has 162 valence electrons. The predicted octanol–water partition coefficient (Wildman–Crippen LogP) is 2.09. The van der Waals surface area contributed by atoms with Crippen molar-refractivity contribution < 1.29 is 13.2 Å². The lowest BCUT2D eigenvalue weighted by Gasteiger charge is -2.34. The van der Waals surface area contributed by atoms with E-state index in [9.17, 15) is 13.2 Å². The Hall–Kier alpha value is -3.04. The van der Waals surface area contributed by atoms with Gasteiger partial charge in [0.1, 0.15) is 4.90 Å². The molecule has 8 nitrogen and oxygen atoms in total. The molecule has 0 saturated carbocycles. The lowest BCUT2D eigenvalue weighted by Crippen LogP contribution is -2.50. The molecular weight excluding hydrogens is 414 g/mol. The van der Waals surface area contributed by atoms with E-state index in [0.29, 0.717) is 25.2 Å². The van der Waals surface area contributed by atoms with Crippen LogP contribution in [0.15, 0.2) is 59.8 Å². The first kappa shape index (κ1) is 21.2. The molecule has 3 heterocycles. The van der Waals surface area contributed by atoms with Crippen LogP contribution in [0, 0.1) is 13.8 Å². The zero-order valence-corrected chi connectivity index (χ0v) is 18.4. The van der Waals surface area contributed by atoms with Gasteiger partial charge in [-0.3, -0.25) is 14.5 Å². The molecule has 0 N–H and O–H groups in total. The molecule has 1 aromatic carbocycles. The standard InChI is InChI=1S/C22H25N5O3S/c1-17-14-18(2)27(24-17)16-19-5-7-20(8-6-19)22(28)25-10-12-26(13-11-25)31(29,30)21-4-3-9-23-15-21/h3-9,14-15H,10-13,16H2,1-2H3. The minimum absolute atomic E-state index is 0.0870. The zero-order valence-electron chi connectivity index (χ0n) is 17.6. The first-order valence-electron chi connectivity index (χ1n) is 10.1. The molecule has 31 heavy (non-hydrogen) atoms. The molecule has 0 spiro atoms. The topological polar surface area (TPSA) is 88.4 Å². The molecule has 4 rings (SSSR count). The van der Waals surface area contributed by atoms with Crippen molar-refractivity contribution in [1.29, 1.82) is 0 Å². The van der Waals surface area contributed by atoms with Gasteiger partial charge >= 0.3 is 0 Å². The van der Waals surface area contributed by atoms with Crippen LogP contribution in [0.3, 0.4) is 0 Å². The van der Waals surface area contributed by atoms with E-state index in [4.69, 9.17) is 0 Å². The summed E-state index contributed by atoms with van der Waals surface area (Å²) in [7, 11) is -3.59. The summed E-state index contributed by atoms with van der Waals surface area (Å²) in [6, 6.07) is 12.7. The number of carbonyl (C=O) groups is 1. The fraction of sp³-hybridized carbons (Fsp3) is 0.318. The van der Waals surface area contributed by atoms with Crippen LogP contribution in [0.2, 0.25) is 0 Å². The predicted molar refractivity (Wildman–Crippen MR) is 116 cm³/mol. The number of aryl methyl sites for hydroxylation is 2. The average Bonchev–Trinajstić information content (AvgIpc) is 3.11. The van der Waals surface area contributed by atoms with Crippen molar-refractivity contribution in [2.45, 2.75) is 25.3 Å². The van der Waals surface area contributed by atoms with Gasteiger partial charge in [0.05, 0.1) is 12.2 Å². The summed E-state index contributed by atoms with van der Waals surface area (Å²) >= 11 is 0. The number of hydrogen-bond acceptors (Lipinski definition) is 5. The monoisotopic (exact) mass is 439 g/mol. The Morgan fingerprint density at radius 2 is 1.74 bits per heavy atom. The maximum atomic E-state index is 12.9. The van der Waals surface area contributed by atoms with Gasteiger partial charge < -0.3 is 4.90 Å². The highest BCUT2D eigenvalue weighted by atomic mass is 32.2. The van der Waals surface area contributed by atoms with E-state index in [0.717, 1.165) is 17.0 Å².